The predicted octanol–water partition coefficient (Wildman–Crippen LogP) is 0.792. The van der Waals surface area contributed by atoms with Crippen molar-refractivity contribution in [1.82, 2.24) is 0 Å². The maximum absolute atomic E-state index is 11.8. The molecular weight excluding hydrogens is 228 g/mol. The number of hydrogen-bond donors (Lipinski definition) is 1. The van der Waals surface area contributed by atoms with Crippen LogP contribution in [0, 0.1) is 5.41 Å². The van der Waals surface area contributed by atoms with Crippen molar-refractivity contribution in [2.24, 2.45) is 5.41 Å². The van der Waals surface area contributed by atoms with Crippen molar-refractivity contribution >= 4 is 11.9 Å². The van der Waals surface area contributed by atoms with Gasteiger partial charge in [0.2, 0.25) is 0 Å². The molecule has 98 valence electrons. The summed E-state index contributed by atoms with van der Waals surface area (Å²) >= 11 is 0. The number of carboxylic acids is 1. The van der Waals surface area contributed by atoms with Gasteiger partial charge in [-0.15, -0.1) is 0 Å². The predicted molar refractivity (Wildman–Crippen MR) is 57.3 cm³/mol. The monoisotopic (exact) mass is 246 g/mol. The molecule has 0 aromatic carbocycles. The van der Waals surface area contributed by atoms with Gasteiger partial charge in [-0.2, -0.15) is 0 Å². The van der Waals surface area contributed by atoms with Gasteiger partial charge in [-0.05, 0) is 13.8 Å². The number of aliphatic carboxylic acids is 1. The van der Waals surface area contributed by atoms with Crippen LogP contribution >= 0.6 is 0 Å². The molecule has 6 heteroatoms. The topological polar surface area (TPSA) is 82.1 Å². The Morgan fingerprint density at radius 1 is 1.18 bits per heavy atom. The third-order valence-electron chi connectivity index (χ3n) is 3.03. The van der Waals surface area contributed by atoms with Gasteiger partial charge in [-0.1, -0.05) is 0 Å². The highest BCUT2D eigenvalue weighted by molar-refractivity contribution is 6.00. The number of methoxy groups -OCH3 is 2. The smallest absolute Gasteiger partial charge is 0.324 e. The average molecular weight is 246 g/mol. The minimum Gasteiger partial charge on any atom is -0.480 e. The van der Waals surface area contributed by atoms with Crippen LogP contribution in [0.15, 0.2) is 0 Å². The van der Waals surface area contributed by atoms with Crippen LogP contribution in [-0.2, 0) is 23.8 Å². The maximum atomic E-state index is 11.8. The summed E-state index contributed by atoms with van der Waals surface area (Å²) in [7, 11) is 2.84. The number of hydrogen-bond acceptors (Lipinski definition) is 5. The fraction of sp³-hybridized carbons (Fsp3) is 0.818. The Kier molecular flexibility index (Phi) is 3.78. The van der Waals surface area contributed by atoms with Crippen LogP contribution in [0.5, 0.6) is 0 Å². The van der Waals surface area contributed by atoms with Gasteiger partial charge in [0.25, 0.3) is 0 Å². The van der Waals surface area contributed by atoms with Gasteiger partial charge in [0.15, 0.2) is 11.2 Å². The molecule has 0 aliphatic heterocycles. The minimum absolute atomic E-state index is 0.0338. The zero-order valence-corrected chi connectivity index (χ0v) is 10.5. The van der Waals surface area contributed by atoms with Crippen LogP contribution in [0.4, 0.5) is 0 Å². The molecule has 0 unspecified atom stereocenters. The van der Waals surface area contributed by atoms with E-state index < -0.39 is 23.1 Å². The van der Waals surface area contributed by atoms with E-state index in [4.69, 9.17) is 14.2 Å². The Hall–Kier alpha value is -1.14. The van der Waals surface area contributed by atoms with Crippen LogP contribution in [0.1, 0.15) is 26.7 Å². The van der Waals surface area contributed by atoms with Gasteiger partial charge < -0.3 is 19.3 Å². The van der Waals surface area contributed by atoms with E-state index in [9.17, 15) is 14.7 Å². The zero-order chi connectivity index (χ0) is 13.3. The number of carboxylic acid groups (broad SMARTS) is 1. The molecule has 0 radical (unpaired) electrons. The molecule has 1 saturated carbocycles. The zero-order valence-electron chi connectivity index (χ0n) is 10.5. The van der Waals surface area contributed by atoms with E-state index in [-0.39, 0.29) is 18.9 Å². The Morgan fingerprint density at radius 3 is 1.94 bits per heavy atom. The SMILES string of the molecule is COC1(OC)CC(C(=O)O)(C(=O)OC(C)C)C1. The first-order valence-electron chi connectivity index (χ1n) is 5.37. The first kappa shape index (κ1) is 13.9. The van der Waals surface area contributed by atoms with E-state index in [1.807, 2.05) is 0 Å². The van der Waals surface area contributed by atoms with E-state index in [2.05, 4.69) is 0 Å². The second kappa shape index (κ2) is 4.62. The van der Waals surface area contributed by atoms with Crippen LogP contribution < -0.4 is 0 Å². The summed E-state index contributed by atoms with van der Waals surface area (Å²) < 4.78 is 15.2. The third kappa shape index (κ3) is 2.28. The Morgan fingerprint density at radius 2 is 1.65 bits per heavy atom. The number of ether oxygens (including phenoxy) is 3. The van der Waals surface area contributed by atoms with E-state index >= 15 is 0 Å². The molecule has 0 atom stereocenters. The summed E-state index contributed by atoms with van der Waals surface area (Å²) in [6, 6.07) is 0. The summed E-state index contributed by atoms with van der Waals surface area (Å²) in [5, 5.41) is 9.18. The van der Waals surface area contributed by atoms with Gasteiger partial charge in [-0.25, -0.2) is 0 Å². The number of rotatable bonds is 5. The standard InChI is InChI=1S/C11H18O6/c1-7(2)17-9(14)10(8(12)13)5-11(6-10,15-3)16-4/h7H,5-6H2,1-4H3,(H,12,13). The maximum Gasteiger partial charge on any atom is 0.324 e. The normalized spacial score (nSPS) is 20.8. The van der Waals surface area contributed by atoms with Crippen molar-refractivity contribution in [3.63, 3.8) is 0 Å². The van der Waals surface area contributed by atoms with Gasteiger partial charge in [0, 0.05) is 27.1 Å². The highest BCUT2D eigenvalue weighted by Gasteiger charge is 2.66. The molecule has 1 aliphatic rings. The third-order valence-corrected chi connectivity index (χ3v) is 3.03. The van der Waals surface area contributed by atoms with Crippen molar-refractivity contribution in [3.8, 4) is 0 Å². The van der Waals surface area contributed by atoms with Crippen LogP contribution in [0.2, 0.25) is 0 Å². The summed E-state index contributed by atoms with van der Waals surface area (Å²) in [6.45, 7) is 3.35. The van der Waals surface area contributed by atoms with Gasteiger partial charge >= 0.3 is 11.9 Å². The quantitative estimate of drug-likeness (QED) is 0.439. The highest BCUT2D eigenvalue weighted by Crippen LogP contribution is 2.52. The number of carbonyl (C=O) groups excluding carboxylic acids is 1. The first-order valence-corrected chi connectivity index (χ1v) is 5.37. The lowest BCUT2D eigenvalue weighted by Gasteiger charge is -2.49. The summed E-state index contributed by atoms with van der Waals surface area (Å²) in [5.41, 5.74) is -1.55. The van der Waals surface area contributed by atoms with Gasteiger partial charge in [-0.3, -0.25) is 9.59 Å². The first-order chi connectivity index (χ1) is 7.82. The summed E-state index contributed by atoms with van der Waals surface area (Å²) in [5.74, 6) is -2.92. The van der Waals surface area contributed by atoms with Crippen LogP contribution in [0.25, 0.3) is 0 Å². The summed E-state index contributed by atoms with van der Waals surface area (Å²) in [4.78, 5) is 23.0. The second-order valence-electron chi connectivity index (χ2n) is 4.51. The fourth-order valence-electron chi connectivity index (χ4n) is 1.95. The average Bonchev–Trinajstić information content (AvgIpc) is 2.16. The molecule has 0 bridgehead atoms. The number of esters is 1. The van der Waals surface area contributed by atoms with Crippen LogP contribution in [-0.4, -0.2) is 43.2 Å². The molecule has 6 nitrogen and oxygen atoms in total. The molecule has 1 rings (SSSR count). The molecule has 1 fully saturated rings. The van der Waals surface area contributed by atoms with Crippen molar-refractivity contribution in [1.29, 1.82) is 0 Å². The van der Waals surface area contributed by atoms with E-state index in [0.29, 0.717) is 0 Å². The Labute approximate surface area is 99.8 Å². The molecule has 1 N–H and O–H groups in total. The number of carbonyl (C=O) groups is 2. The minimum atomic E-state index is -1.55. The lowest BCUT2D eigenvalue weighted by Crippen LogP contribution is -2.62. The molecule has 17 heavy (non-hydrogen) atoms. The summed E-state index contributed by atoms with van der Waals surface area (Å²) in [6.07, 6.45) is -0.416. The highest BCUT2D eigenvalue weighted by atomic mass is 16.7. The molecule has 1 aliphatic carbocycles. The molecule has 0 heterocycles. The molecular formula is C11H18O6. The van der Waals surface area contributed by atoms with Crippen LogP contribution in [0.3, 0.4) is 0 Å². The lowest BCUT2D eigenvalue weighted by molar-refractivity contribution is -0.293. The van der Waals surface area contributed by atoms with Gasteiger partial charge in [0.1, 0.15) is 0 Å². The van der Waals surface area contributed by atoms with Crippen molar-refractivity contribution in [3.05, 3.63) is 0 Å². The van der Waals surface area contributed by atoms with Crippen molar-refractivity contribution in [2.75, 3.05) is 14.2 Å². The molecule has 0 saturated heterocycles. The second-order valence-corrected chi connectivity index (χ2v) is 4.51. The van der Waals surface area contributed by atoms with E-state index in [0.717, 1.165) is 0 Å². The lowest BCUT2D eigenvalue weighted by atomic mass is 9.64. The van der Waals surface area contributed by atoms with E-state index in [1.54, 1.807) is 13.8 Å². The largest absolute Gasteiger partial charge is 0.480 e. The Bertz CT molecular complexity index is 310. The fourth-order valence-corrected chi connectivity index (χ4v) is 1.95. The van der Waals surface area contributed by atoms with E-state index in [1.165, 1.54) is 14.2 Å². The van der Waals surface area contributed by atoms with Crippen molar-refractivity contribution in [2.45, 2.75) is 38.6 Å². The molecule has 0 aromatic rings. The molecule has 0 spiro atoms. The van der Waals surface area contributed by atoms with Gasteiger partial charge in [0.05, 0.1) is 6.10 Å². The molecule has 0 amide bonds. The molecule has 0 aromatic heterocycles. The Balaban J connectivity index is 2.83. The van der Waals surface area contributed by atoms with Crippen molar-refractivity contribution < 1.29 is 28.9 Å².